The number of amides is 1. The molecule has 128 valence electrons. The van der Waals surface area contributed by atoms with Crippen LogP contribution in [0.2, 0.25) is 0 Å². The van der Waals surface area contributed by atoms with Gasteiger partial charge in [0.25, 0.3) is 5.91 Å². The van der Waals surface area contributed by atoms with E-state index >= 15 is 0 Å². The lowest BCUT2D eigenvalue weighted by atomic mass is 10.1. The lowest BCUT2D eigenvalue weighted by molar-refractivity contribution is 0.0634. The smallest absolute Gasteiger partial charge is 0.255 e. The minimum Gasteiger partial charge on any atom is -0.377 e. The normalized spacial score (nSPS) is 16.9. The number of pyridine rings is 1. The Morgan fingerprint density at radius 2 is 2.08 bits per heavy atom. The van der Waals surface area contributed by atoms with Crippen LogP contribution in [0.4, 0.5) is 0 Å². The monoisotopic (exact) mass is 337 g/mol. The van der Waals surface area contributed by atoms with Crippen LogP contribution in [0.15, 0.2) is 36.5 Å². The maximum Gasteiger partial charge on any atom is 0.255 e. The van der Waals surface area contributed by atoms with Crippen LogP contribution in [0.1, 0.15) is 35.0 Å². The molecule has 0 bridgehead atoms. The van der Waals surface area contributed by atoms with Crippen molar-refractivity contribution in [2.45, 2.75) is 26.1 Å². The van der Waals surface area contributed by atoms with Gasteiger partial charge in [-0.05, 0) is 19.1 Å². The first kappa shape index (κ1) is 15.7. The molecule has 1 amide bonds. The number of benzene rings is 1. The topological polar surface area (TPSA) is 73.1 Å². The van der Waals surface area contributed by atoms with E-state index in [1.54, 1.807) is 19.4 Å². The molecule has 0 spiro atoms. The number of hydrogen-bond acceptors (Lipinski definition) is 5. The Morgan fingerprint density at radius 3 is 2.92 bits per heavy atom. The van der Waals surface area contributed by atoms with Crippen molar-refractivity contribution in [3.05, 3.63) is 53.7 Å². The minimum atomic E-state index is -0.147. The van der Waals surface area contributed by atoms with Gasteiger partial charge >= 0.3 is 0 Å². The highest BCUT2D eigenvalue weighted by Crippen LogP contribution is 2.28. The Bertz CT molecular complexity index is 931. The molecule has 1 aliphatic rings. The molecule has 0 radical (unpaired) electrons. The third-order valence-corrected chi connectivity index (χ3v) is 4.68. The number of methoxy groups -OCH3 is 1. The van der Waals surface area contributed by atoms with E-state index in [-0.39, 0.29) is 11.9 Å². The number of hydrogen-bond donors (Lipinski definition) is 0. The van der Waals surface area contributed by atoms with Crippen molar-refractivity contribution in [2.75, 3.05) is 13.7 Å². The predicted molar refractivity (Wildman–Crippen MR) is 91.9 cm³/mol. The Balaban J connectivity index is 1.69. The predicted octanol–water partition coefficient (Wildman–Crippen LogP) is 2.19. The van der Waals surface area contributed by atoms with E-state index in [1.165, 1.54) is 0 Å². The lowest BCUT2D eigenvalue weighted by Gasteiger charge is -2.34. The van der Waals surface area contributed by atoms with Crippen LogP contribution in [0.3, 0.4) is 0 Å². The standard InChI is InChI=1S/C18H19N5O2/c1-12-17-21-20-16(11-25-2)23(17)10-9-22(12)18(24)14-7-8-19-15-6-4-3-5-13(14)15/h3-8,12H,9-11H2,1-2H3/t12-/m0/s1. The minimum absolute atomic E-state index is 0.00589. The molecule has 0 saturated carbocycles. The molecule has 25 heavy (non-hydrogen) atoms. The summed E-state index contributed by atoms with van der Waals surface area (Å²) >= 11 is 0. The quantitative estimate of drug-likeness (QED) is 0.732. The maximum absolute atomic E-state index is 13.2. The Morgan fingerprint density at radius 1 is 1.24 bits per heavy atom. The molecule has 0 saturated heterocycles. The first-order valence-electron chi connectivity index (χ1n) is 8.26. The summed E-state index contributed by atoms with van der Waals surface area (Å²) in [6, 6.07) is 9.34. The van der Waals surface area contributed by atoms with Gasteiger partial charge in [-0.3, -0.25) is 9.78 Å². The fourth-order valence-corrected chi connectivity index (χ4v) is 3.39. The summed E-state index contributed by atoms with van der Waals surface area (Å²) in [4.78, 5) is 19.4. The summed E-state index contributed by atoms with van der Waals surface area (Å²) in [6.45, 7) is 3.68. The van der Waals surface area contributed by atoms with Crippen molar-refractivity contribution >= 4 is 16.8 Å². The molecule has 3 aromatic rings. The van der Waals surface area contributed by atoms with Crippen LogP contribution in [0, 0.1) is 0 Å². The second-order valence-corrected chi connectivity index (χ2v) is 6.11. The van der Waals surface area contributed by atoms with E-state index in [0.29, 0.717) is 25.3 Å². The molecule has 1 atom stereocenters. The Hall–Kier alpha value is -2.80. The largest absolute Gasteiger partial charge is 0.377 e. The summed E-state index contributed by atoms with van der Waals surface area (Å²) in [5.74, 6) is 1.59. The van der Waals surface area contributed by atoms with Gasteiger partial charge in [-0.25, -0.2) is 0 Å². The van der Waals surface area contributed by atoms with Crippen molar-refractivity contribution < 1.29 is 9.53 Å². The Kier molecular flexibility index (Phi) is 3.93. The first-order chi connectivity index (χ1) is 12.2. The van der Waals surface area contributed by atoms with Crippen molar-refractivity contribution in [3.8, 4) is 0 Å². The molecule has 4 rings (SSSR count). The number of carbonyl (C=O) groups is 1. The number of aromatic nitrogens is 4. The third kappa shape index (κ3) is 2.56. The van der Waals surface area contributed by atoms with E-state index in [0.717, 1.165) is 22.6 Å². The number of rotatable bonds is 3. The van der Waals surface area contributed by atoms with Gasteiger partial charge in [0.15, 0.2) is 11.6 Å². The summed E-state index contributed by atoms with van der Waals surface area (Å²) in [6.07, 6.45) is 1.68. The zero-order valence-corrected chi connectivity index (χ0v) is 14.2. The second kappa shape index (κ2) is 6.25. The highest BCUT2D eigenvalue weighted by atomic mass is 16.5. The van der Waals surface area contributed by atoms with E-state index in [4.69, 9.17) is 4.74 Å². The molecule has 3 heterocycles. The van der Waals surface area contributed by atoms with Crippen LogP contribution < -0.4 is 0 Å². The van der Waals surface area contributed by atoms with E-state index in [1.807, 2.05) is 40.7 Å². The van der Waals surface area contributed by atoms with Gasteiger partial charge in [-0.2, -0.15) is 0 Å². The molecule has 1 aliphatic heterocycles. The highest BCUT2D eigenvalue weighted by Gasteiger charge is 2.32. The first-order valence-corrected chi connectivity index (χ1v) is 8.26. The number of nitrogens with zero attached hydrogens (tertiary/aromatic N) is 5. The second-order valence-electron chi connectivity index (χ2n) is 6.11. The molecular weight excluding hydrogens is 318 g/mol. The summed E-state index contributed by atoms with van der Waals surface area (Å²) in [5.41, 5.74) is 1.49. The van der Waals surface area contributed by atoms with Gasteiger partial charge in [-0.1, -0.05) is 18.2 Å². The van der Waals surface area contributed by atoms with Crippen LogP contribution in [0.25, 0.3) is 10.9 Å². The fraction of sp³-hybridized carbons (Fsp3) is 0.333. The van der Waals surface area contributed by atoms with Crippen LogP contribution >= 0.6 is 0 Å². The van der Waals surface area contributed by atoms with Crippen LogP contribution in [-0.2, 0) is 17.9 Å². The van der Waals surface area contributed by atoms with Gasteiger partial charge in [0.05, 0.1) is 17.1 Å². The lowest BCUT2D eigenvalue weighted by Crippen LogP contribution is -2.41. The van der Waals surface area contributed by atoms with E-state index in [9.17, 15) is 4.79 Å². The van der Waals surface area contributed by atoms with Gasteiger partial charge in [0, 0.05) is 31.8 Å². The molecule has 0 fully saturated rings. The van der Waals surface area contributed by atoms with Gasteiger partial charge in [0.1, 0.15) is 6.61 Å². The van der Waals surface area contributed by atoms with Crippen molar-refractivity contribution in [2.24, 2.45) is 0 Å². The molecule has 1 aromatic carbocycles. The number of ether oxygens (including phenoxy) is 1. The maximum atomic E-state index is 13.2. The summed E-state index contributed by atoms with van der Waals surface area (Å²) < 4.78 is 7.21. The molecule has 7 heteroatoms. The van der Waals surface area contributed by atoms with Crippen LogP contribution in [-0.4, -0.2) is 44.2 Å². The van der Waals surface area contributed by atoms with Gasteiger partial charge in [-0.15, -0.1) is 10.2 Å². The molecule has 7 nitrogen and oxygen atoms in total. The fourth-order valence-electron chi connectivity index (χ4n) is 3.39. The van der Waals surface area contributed by atoms with Gasteiger partial charge < -0.3 is 14.2 Å². The third-order valence-electron chi connectivity index (χ3n) is 4.68. The SMILES string of the molecule is COCc1nnc2n1CCN(C(=O)c1ccnc3ccccc13)[C@H]2C. The Labute approximate surface area is 145 Å². The van der Waals surface area contributed by atoms with E-state index < -0.39 is 0 Å². The summed E-state index contributed by atoms with van der Waals surface area (Å²) in [5, 5.41) is 9.34. The molecule has 0 aliphatic carbocycles. The van der Waals surface area contributed by atoms with Gasteiger partial charge in [0.2, 0.25) is 0 Å². The number of carbonyl (C=O) groups excluding carboxylic acids is 1. The summed E-state index contributed by atoms with van der Waals surface area (Å²) in [7, 11) is 1.64. The highest BCUT2D eigenvalue weighted by molar-refractivity contribution is 6.06. The number of fused-ring (bicyclic) bond motifs is 2. The van der Waals surface area contributed by atoms with Crippen molar-refractivity contribution in [1.29, 1.82) is 0 Å². The number of para-hydroxylation sites is 1. The van der Waals surface area contributed by atoms with Crippen molar-refractivity contribution in [1.82, 2.24) is 24.6 Å². The van der Waals surface area contributed by atoms with Crippen molar-refractivity contribution in [3.63, 3.8) is 0 Å². The van der Waals surface area contributed by atoms with Crippen LogP contribution in [0.5, 0.6) is 0 Å². The molecule has 0 N–H and O–H groups in total. The average Bonchev–Trinajstić information content (AvgIpc) is 3.05. The average molecular weight is 337 g/mol. The molecule has 2 aromatic heterocycles. The zero-order valence-electron chi connectivity index (χ0n) is 14.2. The molecule has 0 unspecified atom stereocenters. The molecular formula is C18H19N5O2. The zero-order chi connectivity index (χ0) is 17.4. The van der Waals surface area contributed by atoms with E-state index in [2.05, 4.69) is 15.2 Å².